The molecule has 0 amide bonds. The zero-order valence-corrected chi connectivity index (χ0v) is 12.5. The number of hydrogen-bond donors (Lipinski definition) is 1. The van der Waals surface area contributed by atoms with Crippen LogP contribution in [0.15, 0.2) is 22.7 Å². The lowest BCUT2D eigenvalue weighted by Gasteiger charge is -2.36. The number of nitrogens with one attached hydrogen (secondary N) is 1. The molecule has 108 valence electrons. The van der Waals surface area contributed by atoms with E-state index in [1.54, 1.807) is 6.07 Å². The number of benzene rings is 1. The third kappa shape index (κ3) is 2.73. The molecule has 0 spiro atoms. The molecule has 2 aliphatic heterocycles. The molecule has 1 unspecified atom stereocenters. The Morgan fingerprint density at radius 2 is 2.30 bits per heavy atom. The molecule has 0 aliphatic carbocycles. The average molecular weight is 343 g/mol. The van der Waals surface area contributed by atoms with Gasteiger partial charge in [-0.25, -0.2) is 9.18 Å². The van der Waals surface area contributed by atoms with Crippen molar-refractivity contribution in [1.82, 2.24) is 10.2 Å². The number of esters is 1. The van der Waals surface area contributed by atoms with E-state index in [1.165, 1.54) is 12.1 Å². The van der Waals surface area contributed by atoms with Crippen LogP contribution in [0.1, 0.15) is 23.2 Å². The molecule has 2 atom stereocenters. The van der Waals surface area contributed by atoms with E-state index in [2.05, 4.69) is 26.1 Å². The lowest BCUT2D eigenvalue weighted by molar-refractivity contribution is -0.0211. The van der Waals surface area contributed by atoms with Crippen LogP contribution in [0.25, 0.3) is 0 Å². The minimum absolute atomic E-state index is 0.0230. The van der Waals surface area contributed by atoms with Gasteiger partial charge >= 0.3 is 5.97 Å². The van der Waals surface area contributed by atoms with Crippen LogP contribution in [0.4, 0.5) is 4.39 Å². The maximum absolute atomic E-state index is 13.8. The molecule has 2 heterocycles. The Balaban J connectivity index is 1.72. The molecule has 4 nitrogen and oxygen atoms in total. The van der Waals surface area contributed by atoms with Gasteiger partial charge in [-0.3, -0.25) is 10.2 Å². The Morgan fingerprint density at radius 1 is 1.45 bits per heavy atom. The predicted octanol–water partition coefficient (Wildman–Crippen LogP) is 2.14. The molecule has 6 heteroatoms. The molecule has 20 heavy (non-hydrogen) atoms. The second-order valence-electron chi connectivity index (χ2n) is 5.15. The van der Waals surface area contributed by atoms with Crippen LogP contribution in [0.5, 0.6) is 0 Å². The number of nitrogens with zero attached hydrogens (tertiary/aromatic N) is 1. The molecule has 0 bridgehead atoms. The topological polar surface area (TPSA) is 41.6 Å². The number of piperazine rings is 1. The lowest BCUT2D eigenvalue weighted by Crippen LogP contribution is -2.56. The summed E-state index contributed by atoms with van der Waals surface area (Å²) < 4.78 is 19.8. The second-order valence-corrected chi connectivity index (χ2v) is 6.07. The molecule has 1 aromatic rings. The summed E-state index contributed by atoms with van der Waals surface area (Å²) in [6, 6.07) is 4.56. The molecular weight excluding hydrogens is 327 g/mol. The van der Waals surface area contributed by atoms with E-state index in [1.807, 2.05) is 0 Å². The number of carbonyl (C=O) groups excluding carboxylic acids is 1. The Labute approximate surface area is 125 Å². The third-order valence-electron chi connectivity index (χ3n) is 3.89. The normalized spacial score (nSPS) is 26.3. The number of halogens is 2. The Kier molecular flexibility index (Phi) is 4.05. The fourth-order valence-corrected chi connectivity index (χ4v) is 3.25. The van der Waals surface area contributed by atoms with Crippen molar-refractivity contribution in [3.63, 3.8) is 0 Å². The van der Waals surface area contributed by atoms with Gasteiger partial charge in [-0.15, -0.1) is 0 Å². The van der Waals surface area contributed by atoms with Crippen molar-refractivity contribution >= 4 is 21.9 Å². The average Bonchev–Trinajstić information content (AvgIpc) is 2.87. The van der Waals surface area contributed by atoms with E-state index in [0.29, 0.717) is 4.47 Å². The highest BCUT2D eigenvalue weighted by Gasteiger charge is 2.37. The summed E-state index contributed by atoms with van der Waals surface area (Å²) in [7, 11) is 0. The van der Waals surface area contributed by atoms with Crippen LogP contribution in [0.3, 0.4) is 0 Å². The number of carbonyl (C=O) groups is 1. The first kappa shape index (κ1) is 14.0. The summed E-state index contributed by atoms with van der Waals surface area (Å²) in [6.07, 6.45) is 1.78. The maximum atomic E-state index is 13.8. The molecule has 2 fully saturated rings. The fourth-order valence-electron chi connectivity index (χ4n) is 2.91. The molecule has 3 rings (SSSR count). The molecule has 0 aromatic heterocycles. The molecule has 1 aromatic carbocycles. The Hall–Kier alpha value is -0.980. The van der Waals surface area contributed by atoms with Gasteiger partial charge in [0, 0.05) is 17.6 Å². The summed E-state index contributed by atoms with van der Waals surface area (Å²) in [5.74, 6) is -1.18. The van der Waals surface area contributed by atoms with Gasteiger partial charge in [0.05, 0.1) is 11.6 Å². The van der Waals surface area contributed by atoms with Gasteiger partial charge in [0.15, 0.2) is 6.23 Å². The molecule has 0 radical (unpaired) electrons. The van der Waals surface area contributed by atoms with Crippen LogP contribution in [-0.2, 0) is 4.74 Å². The van der Waals surface area contributed by atoms with Crippen molar-refractivity contribution in [2.24, 2.45) is 0 Å². The Bertz CT molecular complexity index is 526. The van der Waals surface area contributed by atoms with Crippen LogP contribution in [0, 0.1) is 5.82 Å². The van der Waals surface area contributed by atoms with Crippen molar-refractivity contribution in [2.45, 2.75) is 25.1 Å². The summed E-state index contributed by atoms with van der Waals surface area (Å²) in [5, 5.41) is 3.21. The monoisotopic (exact) mass is 342 g/mol. The van der Waals surface area contributed by atoms with Gasteiger partial charge in [-0.2, -0.15) is 0 Å². The Morgan fingerprint density at radius 3 is 3.10 bits per heavy atom. The number of ether oxygens (including phenoxy) is 1. The molecule has 2 aliphatic rings. The van der Waals surface area contributed by atoms with Gasteiger partial charge in [-0.1, -0.05) is 15.9 Å². The minimum atomic E-state index is -0.610. The van der Waals surface area contributed by atoms with Crippen LogP contribution < -0.4 is 5.32 Å². The first-order chi connectivity index (χ1) is 9.65. The van der Waals surface area contributed by atoms with Crippen molar-refractivity contribution in [1.29, 1.82) is 0 Å². The first-order valence-corrected chi connectivity index (χ1v) is 7.58. The van der Waals surface area contributed by atoms with Gasteiger partial charge in [-0.05, 0) is 37.6 Å². The van der Waals surface area contributed by atoms with Crippen molar-refractivity contribution in [2.75, 3.05) is 19.6 Å². The zero-order valence-electron chi connectivity index (χ0n) is 10.9. The molecule has 1 N–H and O–H groups in total. The molecular formula is C14H16BrFN2O2. The SMILES string of the molecule is O=C(OC1NCCN2CCC[C@H]12)c1ccc(Br)cc1F. The second kappa shape index (κ2) is 5.79. The fraction of sp³-hybridized carbons (Fsp3) is 0.500. The highest BCUT2D eigenvalue weighted by molar-refractivity contribution is 9.10. The van der Waals surface area contributed by atoms with E-state index < -0.39 is 11.8 Å². The van der Waals surface area contributed by atoms with Crippen molar-refractivity contribution in [3.8, 4) is 0 Å². The number of rotatable bonds is 2. The van der Waals surface area contributed by atoms with E-state index >= 15 is 0 Å². The van der Waals surface area contributed by atoms with Crippen LogP contribution in [-0.4, -0.2) is 42.8 Å². The highest BCUT2D eigenvalue weighted by atomic mass is 79.9. The van der Waals surface area contributed by atoms with E-state index in [9.17, 15) is 9.18 Å². The first-order valence-electron chi connectivity index (χ1n) is 6.78. The molecule has 0 saturated carbocycles. The smallest absolute Gasteiger partial charge is 0.342 e. The summed E-state index contributed by atoms with van der Waals surface area (Å²) in [5.41, 5.74) is -0.0230. The highest BCUT2D eigenvalue weighted by Crippen LogP contribution is 2.24. The summed E-state index contributed by atoms with van der Waals surface area (Å²) in [4.78, 5) is 14.4. The van der Waals surface area contributed by atoms with Gasteiger partial charge in [0.25, 0.3) is 0 Å². The largest absolute Gasteiger partial charge is 0.441 e. The van der Waals surface area contributed by atoms with E-state index in [-0.39, 0.29) is 17.8 Å². The van der Waals surface area contributed by atoms with E-state index in [4.69, 9.17) is 4.74 Å². The van der Waals surface area contributed by atoms with Crippen LogP contribution in [0.2, 0.25) is 0 Å². The van der Waals surface area contributed by atoms with Gasteiger partial charge in [0.2, 0.25) is 0 Å². The summed E-state index contributed by atoms with van der Waals surface area (Å²) in [6.45, 7) is 2.82. The van der Waals surface area contributed by atoms with Gasteiger partial charge < -0.3 is 4.74 Å². The minimum Gasteiger partial charge on any atom is -0.441 e. The summed E-state index contributed by atoms with van der Waals surface area (Å²) >= 11 is 3.17. The standard InChI is InChI=1S/C14H16BrFN2O2/c15-9-3-4-10(11(16)8-9)14(19)20-13-12-2-1-6-18(12)7-5-17-13/h3-4,8,12-13,17H,1-2,5-7H2/t12-,13?/m1/s1. The van der Waals surface area contributed by atoms with Crippen LogP contribution >= 0.6 is 15.9 Å². The quantitative estimate of drug-likeness (QED) is 0.836. The number of hydrogen-bond acceptors (Lipinski definition) is 4. The van der Waals surface area contributed by atoms with Crippen molar-refractivity contribution < 1.29 is 13.9 Å². The maximum Gasteiger partial charge on any atom is 0.342 e. The third-order valence-corrected chi connectivity index (χ3v) is 4.39. The van der Waals surface area contributed by atoms with Gasteiger partial charge in [0.1, 0.15) is 5.82 Å². The van der Waals surface area contributed by atoms with Crippen molar-refractivity contribution in [3.05, 3.63) is 34.1 Å². The predicted molar refractivity (Wildman–Crippen MR) is 75.9 cm³/mol. The zero-order chi connectivity index (χ0) is 14.1. The van der Waals surface area contributed by atoms with E-state index in [0.717, 1.165) is 32.5 Å². The number of fused-ring (bicyclic) bond motifs is 1. The molecule has 2 saturated heterocycles. The lowest BCUT2D eigenvalue weighted by atomic mass is 10.1.